The molecule has 0 aromatic rings. The van der Waals surface area contributed by atoms with Gasteiger partial charge in [0.2, 0.25) is 5.91 Å². The van der Waals surface area contributed by atoms with Crippen molar-refractivity contribution in [2.45, 2.75) is 64.1 Å². The molecule has 19 heavy (non-hydrogen) atoms. The largest absolute Gasteiger partial charge is 0.377 e. The van der Waals surface area contributed by atoms with E-state index in [1.165, 1.54) is 12.8 Å². The third-order valence-corrected chi connectivity index (χ3v) is 4.63. The number of hydrogen-bond acceptors (Lipinski definition) is 4. The molecule has 0 saturated carbocycles. The average Bonchev–Trinajstić information content (AvgIpc) is 2.80. The fourth-order valence-corrected chi connectivity index (χ4v) is 3.46. The van der Waals surface area contributed by atoms with Crippen LogP contribution in [0, 0.1) is 0 Å². The lowest BCUT2D eigenvalue weighted by molar-refractivity contribution is -0.124. The zero-order valence-electron chi connectivity index (χ0n) is 12.4. The summed E-state index contributed by atoms with van der Waals surface area (Å²) in [5.74, 6) is 1.87. The normalized spacial score (nSPS) is 22.6. The minimum absolute atomic E-state index is 0.259. The second-order valence-electron chi connectivity index (χ2n) is 5.81. The molecule has 1 heterocycles. The molecule has 2 atom stereocenters. The van der Waals surface area contributed by atoms with Gasteiger partial charge in [0, 0.05) is 18.4 Å². The first-order valence-corrected chi connectivity index (χ1v) is 8.36. The lowest BCUT2D eigenvalue weighted by Crippen LogP contribution is -2.55. The molecular weight excluding hydrogens is 260 g/mol. The third-order valence-electron chi connectivity index (χ3n) is 3.44. The molecule has 2 unspecified atom stereocenters. The predicted octanol–water partition coefficient (Wildman–Crippen LogP) is 1.92. The first-order chi connectivity index (χ1) is 8.94. The Labute approximate surface area is 121 Å². The average molecular weight is 288 g/mol. The van der Waals surface area contributed by atoms with Gasteiger partial charge in [-0.1, -0.05) is 0 Å². The predicted molar refractivity (Wildman–Crippen MR) is 81.4 cm³/mol. The molecule has 0 aliphatic carbocycles. The number of hydrogen-bond donors (Lipinski definition) is 2. The summed E-state index contributed by atoms with van der Waals surface area (Å²) in [6.45, 7) is 6.89. The van der Waals surface area contributed by atoms with Gasteiger partial charge in [0.05, 0.1) is 11.6 Å². The van der Waals surface area contributed by atoms with E-state index in [2.05, 4.69) is 5.32 Å². The summed E-state index contributed by atoms with van der Waals surface area (Å²) in [6.07, 6.45) is 4.63. The third kappa shape index (κ3) is 6.15. The van der Waals surface area contributed by atoms with Crippen LogP contribution in [0.2, 0.25) is 0 Å². The molecule has 4 nitrogen and oxygen atoms in total. The second kappa shape index (κ2) is 8.12. The van der Waals surface area contributed by atoms with Gasteiger partial charge in [-0.15, -0.1) is 0 Å². The van der Waals surface area contributed by atoms with Gasteiger partial charge in [-0.25, -0.2) is 0 Å². The van der Waals surface area contributed by atoms with E-state index >= 15 is 0 Å². The van der Waals surface area contributed by atoms with E-state index in [1.807, 2.05) is 32.5 Å². The summed E-state index contributed by atoms with van der Waals surface area (Å²) in [4.78, 5) is 11.6. The van der Waals surface area contributed by atoms with Crippen molar-refractivity contribution in [3.8, 4) is 0 Å². The SMILES string of the molecule is CC(C)NC(C)(CCCSCC1CCCO1)C(N)=O. The Balaban J connectivity index is 2.18. The number of rotatable bonds is 9. The highest BCUT2D eigenvalue weighted by atomic mass is 32.2. The molecule has 1 fully saturated rings. The van der Waals surface area contributed by atoms with Crippen molar-refractivity contribution < 1.29 is 9.53 Å². The fraction of sp³-hybridized carbons (Fsp3) is 0.929. The maximum Gasteiger partial charge on any atom is 0.237 e. The first-order valence-electron chi connectivity index (χ1n) is 7.21. The molecule has 1 aliphatic heterocycles. The Kier molecular flexibility index (Phi) is 7.18. The summed E-state index contributed by atoms with van der Waals surface area (Å²) in [7, 11) is 0. The van der Waals surface area contributed by atoms with Crippen molar-refractivity contribution >= 4 is 17.7 Å². The van der Waals surface area contributed by atoms with Crippen molar-refractivity contribution in [2.75, 3.05) is 18.1 Å². The van der Waals surface area contributed by atoms with Crippen LogP contribution in [0.15, 0.2) is 0 Å². The number of carbonyl (C=O) groups excluding carboxylic acids is 1. The maximum absolute atomic E-state index is 11.6. The Morgan fingerprint density at radius 1 is 1.58 bits per heavy atom. The van der Waals surface area contributed by atoms with Gasteiger partial charge in [0.1, 0.15) is 0 Å². The molecule has 1 rings (SSSR count). The van der Waals surface area contributed by atoms with E-state index in [4.69, 9.17) is 10.5 Å². The van der Waals surface area contributed by atoms with E-state index in [1.54, 1.807) is 0 Å². The van der Waals surface area contributed by atoms with Gasteiger partial charge in [0.15, 0.2) is 0 Å². The van der Waals surface area contributed by atoms with Gasteiger partial charge in [-0.2, -0.15) is 11.8 Å². The number of primary amides is 1. The van der Waals surface area contributed by atoms with Crippen LogP contribution < -0.4 is 11.1 Å². The van der Waals surface area contributed by atoms with Crippen LogP contribution in [0.5, 0.6) is 0 Å². The van der Waals surface area contributed by atoms with E-state index in [0.29, 0.717) is 6.10 Å². The van der Waals surface area contributed by atoms with Gasteiger partial charge in [-0.3, -0.25) is 4.79 Å². The van der Waals surface area contributed by atoms with Crippen LogP contribution in [0.1, 0.15) is 46.5 Å². The molecule has 0 radical (unpaired) electrons. The van der Waals surface area contributed by atoms with Crippen LogP contribution in [0.3, 0.4) is 0 Å². The second-order valence-corrected chi connectivity index (χ2v) is 6.96. The number of carbonyl (C=O) groups is 1. The molecule has 0 bridgehead atoms. The number of nitrogens with two attached hydrogens (primary N) is 1. The molecule has 1 amide bonds. The van der Waals surface area contributed by atoms with Crippen molar-refractivity contribution in [3.63, 3.8) is 0 Å². The highest BCUT2D eigenvalue weighted by molar-refractivity contribution is 7.99. The molecule has 112 valence electrons. The van der Waals surface area contributed by atoms with Crippen LogP contribution >= 0.6 is 11.8 Å². The van der Waals surface area contributed by atoms with Crippen molar-refractivity contribution in [3.05, 3.63) is 0 Å². The van der Waals surface area contributed by atoms with E-state index < -0.39 is 5.54 Å². The van der Waals surface area contributed by atoms with Gasteiger partial charge in [-0.05, 0) is 52.2 Å². The lowest BCUT2D eigenvalue weighted by atomic mass is 9.94. The Bertz CT molecular complexity index is 281. The number of nitrogens with one attached hydrogen (secondary N) is 1. The monoisotopic (exact) mass is 288 g/mol. The Morgan fingerprint density at radius 2 is 2.32 bits per heavy atom. The summed E-state index contributed by atoms with van der Waals surface area (Å²) >= 11 is 1.92. The van der Waals surface area contributed by atoms with Crippen LogP contribution in [0.25, 0.3) is 0 Å². The van der Waals surface area contributed by atoms with Crippen molar-refractivity contribution in [1.82, 2.24) is 5.32 Å². The zero-order valence-corrected chi connectivity index (χ0v) is 13.2. The highest BCUT2D eigenvalue weighted by Crippen LogP contribution is 2.20. The molecule has 0 aromatic carbocycles. The highest BCUT2D eigenvalue weighted by Gasteiger charge is 2.30. The summed E-state index contributed by atoms with van der Waals surface area (Å²) in [6, 6.07) is 0.261. The van der Waals surface area contributed by atoms with Gasteiger partial charge >= 0.3 is 0 Å². The Morgan fingerprint density at radius 3 is 2.84 bits per heavy atom. The number of ether oxygens (including phenoxy) is 1. The molecule has 1 saturated heterocycles. The van der Waals surface area contributed by atoms with E-state index in [9.17, 15) is 4.79 Å². The topological polar surface area (TPSA) is 64.3 Å². The summed E-state index contributed by atoms with van der Waals surface area (Å²) in [5, 5.41) is 3.28. The minimum Gasteiger partial charge on any atom is -0.377 e. The van der Waals surface area contributed by atoms with Gasteiger partial charge < -0.3 is 15.8 Å². The van der Waals surface area contributed by atoms with E-state index in [-0.39, 0.29) is 11.9 Å². The molecule has 0 spiro atoms. The Hall–Kier alpha value is -0.260. The summed E-state index contributed by atoms with van der Waals surface area (Å²) in [5.41, 5.74) is 4.92. The van der Waals surface area contributed by atoms with Crippen molar-refractivity contribution in [1.29, 1.82) is 0 Å². The number of thioether (sulfide) groups is 1. The summed E-state index contributed by atoms with van der Waals surface area (Å²) < 4.78 is 5.58. The molecular formula is C14H28N2O2S. The lowest BCUT2D eigenvalue weighted by Gasteiger charge is -2.29. The quantitative estimate of drug-likeness (QED) is 0.636. The fourth-order valence-electron chi connectivity index (χ4n) is 2.42. The zero-order chi connectivity index (χ0) is 14.3. The maximum atomic E-state index is 11.6. The van der Waals surface area contributed by atoms with Crippen molar-refractivity contribution in [2.24, 2.45) is 5.73 Å². The molecule has 0 aromatic heterocycles. The number of amides is 1. The standard InChI is InChI=1S/C14H28N2O2S/c1-11(2)16-14(3,13(15)17)7-5-9-19-10-12-6-4-8-18-12/h11-12,16H,4-10H2,1-3H3,(H2,15,17). The molecule has 5 heteroatoms. The molecule has 1 aliphatic rings. The van der Waals surface area contributed by atoms with E-state index in [0.717, 1.165) is 31.0 Å². The van der Waals surface area contributed by atoms with Crippen LogP contribution in [-0.4, -0.2) is 41.7 Å². The van der Waals surface area contributed by atoms with Crippen LogP contribution in [-0.2, 0) is 9.53 Å². The van der Waals surface area contributed by atoms with Crippen LogP contribution in [0.4, 0.5) is 0 Å². The minimum atomic E-state index is -0.585. The smallest absolute Gasteiger partial charge is 0.237 e. The van der Waals surface area contributed by atoms with Gasteiger partial charge in [0.25, 0.3) is 0 Å². The molecule has 3 N–H and O–H groups in total. The first kappa shape index (κ1) is 16.8.